The Kier molecular flexibility index (Phi) is 140. The molecule has 0 rings (SSSR count). The van der Waals surface area contributed by atoms with Crippen molar-refractivity contribution in [2.75, 3.05) is 7.11 Å². The molecule has 6 heavy (non-hydrogen) atoms. The van der Waals surface area contributed by atoms with Crippen LogP contribution in [-0.4, -0.2) is 13.5 Å². The molecule has 0 aromatic carbocycles. The Labute approximate surface area is 58.8 Å². The molecule has 0 radical (unpaired) electrons. The third kappa shape index (κ3) is 282. The van der Waals surface area contributed by atoms with E-state index in [4.69, 9.17) is 9.90 Å². The topological polar surface area (TPSA) is 66.2 Å². The zero-order chi connectivity index (χ0) is 4.71. The van der Waals surface area contributed by atoms with Crippen molar-refractivity contribution in [1.82, 2.24) is 0 Å². The Morgan fingerprint density at radius 1 is 1.67 bits per heavy atom. The standard InChI is InChI=1S/CH3NO.CH3O.Na/c2-1-3;1-2;/h1H,(H2,2,3);1H3;/q;-1;+1. The van der Waals surface area contributed by atoms with E-state index >= 15 is 0 Å². The van der Waals surface area contributed by atoms with E-state index in [0.717, 1.165) is 7.11 Å². The minimum absolute atomic E-state index is 0. The van der Waals surface area contributed by atoms with E-state index in [0.29, 0.717) is 0 Å². The van der Waals surface area contributed by atoms with E-state index in [9.17, 15) is 0 Å². The predicted molar refractivity (Wildman–Crippen MR) is 16.2 cm³/mol. The van der Waals surface area contributed by atoms with Gasteiger partial charge in [0.15, 0.2) is 0 Å². The number of rotatable bonds is 0. The number of nitrogens with two attached hydrogens (primary N) is 1. The first-order valence-corrected chi connectivity index (χ1v) is 0.977. The summed E-state index contributed by atoms with van der Waals surface area (Å²) < 4.78 is 0. The van der Waals surface area contributed by atoms with E-state index in [1.54, 1.807) is 0 Å². The number of carbonyl (C=O) groups is 1. The molecule has 0 aromatic rings. The van der Waals surface area contributed by atoms with Crippen LogP contribution in [0.1, 0.15) is 0 Å². The molecular formula is C2H6NNaO2. The zero-order valence-electron chi connectivity index (χ0n) is 3.97. The average Bonchev–Trinajstić information content (AvgIpc) is 1.46. The van der Waals surface area contributed by atoms with Crippen molar-refractivity contribution in [2.24, 2.45) is 5.73 Å². The Morgan fingerprint density at radius 2 is 1.67 bits per heavy atom. The number of carbonyl (C=O) groups excluding carboxylic acids is 1. The summed E-state index contributed by atoms with van der Waals surface area (Å²) in [6.07, 6.45) is 0.250. The molecule has 0 aliphatic rings. The van der Waals surface area contributed by atoms with Gasteiger partial charge in [-0.25, -0.2) is 0 Å². The quantitative estimate of drug-likeness (QED) is 0.244. The van der Waals surface area contributed by atoms with Crippen LogP contribution < -0.4 is 40.4 Å². The minimum Gasteiger partial charge on any atom is -0.857 e. The first-order chi connectivity index (χ1) is 2.41. The molecular weight excluding hydrogens is 93.0 g/mol. The van der Waals surface area contributed by atoms with Crippen LogP contribution in [0, 0.1) is 0 Å². The summed E-state index contributed by atoms with van der Waals surface area (Å²) in [7, 11) is 0.750. The van der Waals surface area contributed by atoms with Crippen molar-refractivity contribution >= 4 is 6.41 Å². The molecule has 0 saturated carbocycles. The number of amides is 1. The van der Waals surface area contributed by atoms with Crippen molar-refractivity contribution in [1.29, 1.82) is 0 Å². The van der Waals surface area contributed by atoms with Crippen LogP contribution in [-0.2, 0) is 4.79 Å². The maximum atomic E-state index is 8.58. The van der Waals surface area contributed by atoms with Gasteiger partial charge >= 0.3 is 29.6 Å². The molecule has 0 aliphatic carbocycles. The molecule has 0 aliphatic heterocycles. The Balaban J connectivity index is -0.0000000275. The fourth-order valence-electron chi connectivity index (χ4n) is 0. The fraction of sp³-hybridized carbons (Fsp3) is 0.500. The molecule has 32 valence electrons. The number of hydrogen-bond donors (Lipinski definition) is 1. The summed E-state index contributed by atoms with van der Waals surface area (Å²) in [5.74, 6) is 0. The fourth-order valence-corrected chi connectivity index (χ4v) is 0. The maximum absolute atomic E-state index is 8.58. The minimum atomic E-state index is 0. The SMILES string of the molecule is C[O-].NC=O.[Na+]. The van der Waals surface area contributed by atoms with E-state index in [2.05, 4.69) is 5.73 Å². The molecule has 0 fully saturated rings. The van der Waals surface area contributed by atoms with Gasteiger partial charge < -0.3 is 10.8 Å². The third-order valence-electron chi connectivity index (χ3n) is 0. The van der Waals surface area contributed by atoms with Gasteiger partial charge in [-0.1, -0.05) is 0 Å². The van der Waals surface area contributed by atoms with Gasteiger partial charge in [-0.15, -0.1) is 0 Å². The van der Waals surface area contributed by atoms with Crippen LogP contribution in [0.2, 0.25) is 0 Å². The second-order valence-corrected chi connectivity index (χ2v) is 0.136. The predicted octanol–water partition coefficient (Wildman–Crippen LogP) is -4.92. The van der Waals surface area contributed by atoms with Gasteiger partial charge in [-0.2, -0.15) is 7.11 Å². The molecule has 0 spiro atoms. The van der Waals surface area contributed by atoms with Gasteiger partial charge in [0.1, 0.15) is 0 Å². The average molecular weight is 99.1 g/mol. The molecule has 4 heteroatoms. The van der Waals surface area contributed by atoms with Crippen molar-refractivity contribution in [2.45, 2.75) is 0 Å². The Hall–Kier alpha value is 0.430. The molecule has 0 heterocycles. The second kappa shape index (κ2) is 52.1. The molecule has 0 unspecified atom stereocenters. The molecule has 2 N–H and O–H groups in total. The van der Waals surface area contributed by atoms with Gasteiger partial charge in [-0.05, 0) is 0 Å². The maximum Gasteiger partial charge on any atom is 1.00 e. The molecule has 1 amide bonds. The summed E-state index contributed by atoms with van der Waals surface area (Å²) >= 11 is 0. The largest absolute Gasteiger partial charge is 1.00 e. The summed E-state index contributed by atoms with van der Waals surface area (Å²) in [5, 5.41) is 8.25. The molecule has 0 saturated heterocycles. The third-order valence-corrected chi connectivity index (χ3v) is 0. The van der Waals surface area contributed by atoms with Crippen LogP contribution in [0.5, 0.6) is 0 Å². The van der Waals surface area contributed by atoms with Gasteiger partial charge in [0.2, 0.25) is 6.41 Å². The first kappa shape index (κ1) is 16.1. The van der Waals surface area contributed by atoms with Crippen LogP contribution in [0.25, 0.3) is 0 Å². The number of primary amides is 1. The zero-order valence-corrected chi connectivity index (χ0v) is 5.97. The van der Waals surface area contributed by atoms with Crippen LogP contribution in [0.15, 0.2) is 0 Å². The smallest absolute Gasteiger partial charge is 0.857 e. The summed E-state index contributed by atoms with van der Waals surface area (Å²) in [6.45, 7) is 0. The summed E-state index contributed by atoms with van der Waals surface area (Å²) in [4.78, 5) is 8.58. The van der Waals surface area contributed by atoms with Crippen LogP contribution in [0.3, 0.4) is 0 Å². The van der Waals surface area contributed by atoms with Crippen LogP contribution in [0.4, 0.5) is 0 Å². The monoisotopic (exact) mass is 99.0 g/mol. The van der Waals surface area contributed by atoms with Crippen LogP contribution >= 0.6 is 0 Å². The molecule has 0 aromatic heterocycles. The van der Waals surface area contributed by atoms with E-state index in [1.165, 1.54) is 0 Å². The van der Waals surface area contributed by atoms with Gasteiger partial charge in [0, 0.05) is 0 Å². The summed E-state index contributed by atoms with van der Waals surface area (Å²) in [5.41, 5.74) is 4.17. The molecule has 0 atom stereocenters. The van der Waals surface area contributed by atoms with Gasteiger partial charge in [-0.3, -0.25) is 4.79 Å². The summed E-state index contributed by atoms with van der Waals surface area (Å²) in [6, 6.07) is 0. The normalized spacial score (nSPS) is 3.00. The van der Waals surface area contributed by atoms with Crippen molar-refractivity contribution in [3.8, 4) is 0 Å². The Bertz CT molecular complexity index is 19.0. The Morgan fingerprint density at radius 3 is 1.67 bits per heavy atom. The number of hydrogen-bond acceptors (Lipinski definition) is 2. The van der Waals surface area contributed by atoms with Gasteiger partial charge in [0.25, 0.3) is 0 Å². The van der Waals surface area contributed by atoms with E-state index in [-0.39, 0.29) is 36.0 Å². The molecule has 3 nitrogen and oxygen atoms in total. The second-order valence-electron chi connectivity index (χ2n) is 0.136. The molecule has 0 bridgehead atoms. The van der Waals surface area contributed by atoms with E-state index < -0.39 is 0 Å². The van der Waals surface area contributed by atoms with Crippen molar-refractivity contribution < 1.29 is 39.5 Å². The van der Waals surface area contributed by atoms with Crippen molar-refractivity contribution in [3.63, 3.8) is 0 Å². The van der Waals surface area contributed by atoms with E-state index in [1.807, 2.05) is 0 Å². The first-order valence-electron chi connectivity index (χ1n) is 0.977. The van der Waals surface area contributed by atoms with Crippen molar-refractivity contribution in [3.05, 3.63) is 0 Å². The van der Waals surface area contributed by atoms with Gasteiger partial charge in [0.05, 0.1) is 0 Å².